The molecule has 0 aliphatic carbocycles. The molecule has 5 rings (SSSR count). The minimum Gasteiger partial charge on any atom is -0.507 e. The first-order chi connectivity index (χ1) is 17.7. The molecule has 3 aromatic carbocycles. The van der Waals surface area contributed by atoms with Crippen molar-refractivity contribution in [1.82, 2.24) is 4.98 Å². The molecule has 186 valence electrons. The fraction of sp³-hybridized carbons (Fsp3) is 0.148. The van der Waals surface area contributed by atoms with Gasteiger partial charge in [-0.05, 0) is 48.7 Å². The van der Waals surface area contributed by atoms with Crippen molar-refractivity contribution in [3.8, 4) is 5.75 Å². The van der Waals surface area contributed by atoms with Crippen LogP contribution >= 0.6 is 11.3 Å². The summed E-state index contributed by atoms with van der Waals surface area (Å²) in [5, 5.41) is 23.1. The number of carbonyl (C=O) groups excluding carboxylic acids is 2. The molecule has 1 aliphatic heterocycles. The fourth-order valence-corrected chi connectivity index (χ4v) is 5.71. The van der Waals surface area contributed by atoms with E-state index in [1.165, 1.54) is 47.6 Å². The summed E-state index contributed by atoms with van der Waals surface area (Å²) in [6.07, 6.45) is 0. The molecule has 0 unspecified atom stereocenters. The topological polar surface area (TPSA) is 123 Å². The summed E-state index contributed by atoms with van der Waals surface area (Å²) in [4.78, 5) is 43.7. The molecule has 1 aliphatic rings. The number of benzene rings is 3. The van der Waals surface area contributed by atoms with Crippen molar-refractivity contribution in [2.75, 3.05) is 12.0 Å². The van der Waals surface area contributed by atoms with Crippen LogP contribution in [0.15, 0.2) is 66.2 Å². The maximum absolute atomic E-state index is 13.4. The average Bonchev–Trinajstić information content (AvgIpc) is 3.42. The Morgan fingerprint density at radius 3 is 2.59 bits per heavy atom. The van der Waals surface area contributed by atoms with Gasteiger partial charge in [0.05, 0.1) is 33.9 Å². The van der Waals surface area contributed by atoms with E-state index in [2.05, 4.69) is 4.98 Å². The standard InChI is InChI=1S/C27H21N3O6S/c1-14-10-15(2)22-20(11-14)37-27(28-22)29-23(16-6-4-8-18(12-16)30(34)35)21(25(32)26(29)33)24(31)17-7-5-9-19(13-17)36-3/h4-13,23,31H,1-3H3/b24-21+/t23-/m0/s1. The second-order valence-electron chi connectivity index (χ2n) is 8.68. The molecule has 10 heteroatoms. The molecule has 4 aromatic rings. The van der Waals surface area contributed by atoms with Gasteiger partial charge >= 0.3 is 5.91 Å². The molecular weight excluding hydrogens is 494 g/mol. The minimum atomic E-state index is -1.13. The lowest BCUT2D eigenvalue weighted by Gasteiger charge is -2.22. The average molecular weight is 516 g/mol. The normalized spacial score (nSPS) is 16.9. The Hall–Kier alpha value is -4.57. The monoisotopic (exact) mass is 515 g/mol. The van der Waals surface area contributed by atoms with Crippen molar-refractivity contribution in [3.63, 3.8) is 0 Å². The van der Waals surface area contributed by atoms with E-state index < -0.39 is 28.4 Å². The quantitative estimate of drug-likeness (QED) is 0.123. The van der Waals surface area contributed by atoms with Crippen LogP contribution in [-0.4, -0.2) is 33.8 Å². The van der Waals surface area contributed by atoms with Crippen LogP contribution in [0.4, 0.5) is 10.8 Å². The first kappa shape index (κ1) is 24.1. The van der Waals surface area contributed by atoms with Crippen LogP contribution < -0.4 is 9.64 Å². The molecule has 1 atom stereocenters. The lowest BCUT2D eigenvalue weighted by molar-refractivity contribution is -0.384. The minimum absolute atomic E-state index is 0.189. The second-order valence-corrected chi connectivity index (χ2v) is 9.69. The van der Waals surface area contributed by atoms with Gasteiger partial charge < -0.3 is 9.84 Å². The molecule has 1 N–H and O–H groups in total. The van der Waals surface area contributed by atoms with Crippen molar-refractivity contribution >= 4 is 49.8 Å². The molecule has 1 amide bonds. The Bertz CT molecular complexity index is 1640. The molecule has 1 saturated heterocycles. The highest BCUT2D eigenvalue weighted by Gasteiger charge is 2.48. The van der Waals surface area contributed by atoms with Gasteiger partial charge in [0.25, 0.3) is 11.5 Å². The maximum atomic E-state index is 13.4. The highest BCUT2D eigenvalue weighted by Crippen LogP contribution is 2.45. The van der Waals surface area contributed by atoms with Crippen LogP contribution in [-0.2, 0) is 9.59 Å². The molecule has 2 heterocycles. The summed E-state index contributed by atoms with van der Waals surface area (Å²) in [5.74, 6) is -1.76. The number of hydrogen-bond acceptors (Lipinski definition) is 8. The largest absolute Gasteiger partial charge is 0.507 e. The zero-order valence-corrected chi connectivity index (χ0v) is 20.9. The molecule has 9 nitrogen and oxygen atoms in total. The Balaban J connectivity index is 1.76. The number of methoxy groups -OCH3 is 1. The van der Waals surface area contributed by atoms with Crippen molar-refractivity contribution in [2.24, 2.45) is 0 Å². The number of anilines is 1. The zero-order valence-electron chi connectivity index (χ0n) is 20.1. The first-order valence-electron chi connectivity index (χ1n) is 11.3. The number of aliphatic hydroxyl groups is 1. The van der Waals surface area contributed by atoms with Crippen LogP contribution in [0.25, 0.3) is 16.0 Å². The first-order valence-corrected chi connectivity index (χ1v) is 12.1. The van der Waals surface area contributed by atoms with Gasteiger partial charge in [0, 0.05) is 17.7 Å². The number of nitrogens with zero attached hydrogens (tertiary/aromatic N) is 3. The molecule has 1 fully saturated rings. The molecule has 0 spiro atoms. The third-order valence-corrected chi connectivity index (χ3v) is 7.21. The van der Waals surface area contributed by atoms with E-state index in [4.69, 9.17) is 4.74 Å². The van der Waals surface area contributed by atoms with E-state index >= 15 is 0 Å². The lowest BCUT2D eigenvalue weighted by atomic mass is 9.95. The number of hydrogen-bond donors (Lipinski definition) is 1. The zero-order chi connectivity index (χ0) is 26.4. The van der Waals surface area contributed by atoms with E-state index in [0.29, 0.717) is 16.8 Å². The summed E-state index contributed by atoms with van der Waals surface area (Å²) < 4.78 is 6.07. The van der Waals surface area contributed by atoms with Gasteiger partial charge in [0.1, 0.15) is 11.5 Å². The van der Waals surface area contributed by atoms with Gasteiger partial charge in [-0.3, -0.25) is 24.6 Å². The van der Waals surface area contributed by atoms with Gasteiger partial charge in [-0.1, -0.05) is 41.7 Å². The third kappa shape index (κ3) is 4.11. The van der Waals surface area contributed by atoms with Crippen LogP contribution in [0.1, 0.15) is 28.3 Å². The second kappa shape index (κ2) is 9.14. The molecule has 37 heavy (non-hydrogen) atoms. The highest BCUT2D eigenvalue weighted by atomic mass is 32.1. The number of aliphatic hydroxyl groups excluding tert-OH is 1. The Kier molecular flexibility index (Phi) is 5.96. The molecule has 0 bridgehead atoms. The summed E-state index contributed by atoms with van der Waals surface area (Å²) in [6, 6.07) is 14.9. The number of ether oxygens (including phenoxy) is 1. The van der Waals surface area contributed by atoms with Crippen molar-refractivity contribution < 1.29 is 24.4 Å². The van der Waals surface area contributed by atoms with E-state index in [0.717, 1.165) is 15.8 Å². The third-order valence-electron chi connectivity index (χ3n) is 6.21. The van der Waals surface area contributed by atoms with E-state index in [1.54, 1.807) is 24.3 Å². The number of nitro groups is 1. The summed E-state index contributed by atoms with van der Waals surface area (Å²) in [7, 11) is 1.47. The van der Waals surface area contributed by atoms with Gasteiger partial charge in [0.2, 0.25) is 0 Å². The van der Waals surface area contributed by atoms with Crippen LogP contribution in [0.2, 0.25) is 0 Å². The van der Waals surface area contributed by atoms with E-state index in [1.807, 2.05) is 26.0 Å². The van der Waals surface area contributed by atoms with Crippen molar-refractivity contribution in [1.29, 1.82) is 0 Å². The smallest absolute Gasteiger partial charge is 0.301 e. The number of aromatic nitrogens is 1. The van der Waals surface area contributed by atoms with E-state index in [-0.39, 0.29) is 22.0 Å². The lowest BCUT2D eigenvalue weighted by Crippen LogP contribution is -2.29. The SMILES string of the molecule is COc1cccc(/C(O)=C2\C(=O)C(=O)N(c3nc4c(C)cc(C)cc4s3)[C@H]2c2cccc([N+](=O)[O-])c2)c1. The number of non-ortho nitro benzene ring substituents is 1. The number of thiazole rings is 1. The summed E-state index contributed by atoms with van der Waals surface area (Å²) in [5.41, 5.74) is 2.80. The number of amides is 1. The van der Waals surface area contributed by atoms with Crippen molar-refractivity contribution in [2.45, 2.75) is 19.9 Å². The number of Topliss-reactive ketones (excluding diaryl/α,β-unsaturated/α-hetero) is 1. The number of ketones is 1. The summed E-state index contributed by atoms with van der Waals surface area (Å²) in [6.45, 7) is 3.86. The number of aryl methyl sites for hydroxylation is 2. The van der Waals surface area contributed by atoms with Gasteiger partial charge in [0.15, 0.2) is 5.13 Å². The fourth-order valence-electron chi connectivity index (χ4n) is 4.54. The number of rotatable bonds is 5. The van der Waals surface area contributed by atoms with Crippen LogP contribution in [0.3, 0.4) is 0 Å². The maximum Gasteiger partial charge on any atom is 0.301 e. The van der Waals surface area contributed by atoms with Crippen LogP contribution in [0, 0.1) is 24.0 Å². The predicted molar refractivity (Wildman–Crippen MR) is 140 cm³/mol. The van der Waals surface area contributed by atoms with Crippen molar-refractivity contribution in [3.05, 3.63) is 98.6 Å². The molecule has 0 saturated carbocycles. The van der Waals surface area contributed by atoms with Gasteiger partial charge in [-0.25, -0.2) is 4.98 Å². The Labute approximate surface area is 215 Å². The van der Waals surface area contributed by atoms with Gasteiger partial charge in [-0.2, -0.15) is 0 Å². The Morgan fingerprint density at radius 1 is 1.11 bits per heavy atom. The number of carbonyl (C=O) groups is 2. The van der Waals surface area contributed by atoms with Gasteiger partial charge in [-0.15, -0.1) is 0 Å². The van der Waals surface area contributed by atoms with Crippen LogP contribution in [0.5, 0.6) is 5.75 Å². The highest BCUT2D eigenvalue weighted by molar-refractivity contribution is 7.22. The predicted octanol–water partition coefficient (Wildman–Crippen LogP) is 5.46. The molecule has 1 aromatic heterocycles. The molecule has 0 radical (unpaired) electrons. The Morgan fingerprint density at radius 2 is 1.86 bits per heavy atom. The summed E-state index contributed by atoms with van der Waals surface area (Å²) >= 11 is 1.24. The number of nitro benzene ring substituents is 1. The number of fused-ring (bicyclic) bond motifs is 1. The molecular formula is C27H21N3O6S. The van der Waals surface area contributed by atoms with E-state index in [9.17, 15) is 24.8 Å².